The Morgan fingerprint density at radius 2 is 1.68 bits per heavy atom. The number of hydrogen-bond donors (Lipinski definition) is 0. The van der Waals surface area contributed by atoms with E-state index in [0.717, 1.165) is 17.0 Å². The standard InChI is InChI=1S/C17H13N3O2/c18-8-10-1-3-11(4-2-10)9-19-20-16(21)14-12-5-6-13(7-12)15(14)17(20)22/h1-6,9,12-15H,7H2/b19-9-/t12-,13-,14-,15+/m0/s1. The van der Waals surface area contributed by atoms with Crippen molar-refractivity contribution in [1.29, 1.82) is 5.26 Å². The second kappa shape index (κ2) is 4.63. The summed E-state index contributed by atoms with van der Waals surface area (Å²) in [6.07, 6.45) is 6.53. The largest absolute Gasteiger partial charge is 0.272 e. The van der Waals surface area contributed by atoms with Gasteiger partial charge >= 0.3 is 0 Å². The molecule has 1 saturated carbocycles. The normalized spacial score (nSPS) is 32.0. The fraction of sp³-hybridized carbons (Fsp3) is 0.294. The molecule has 2 fully saturated rings. The van der Waals surface area contributed by atoms with Gasteiger partial charge in [0.1, 0.15) is 0 Å². The molecule has 4 atom stereocenters. The third-order valence-corrected chi connectivity index (χ3v) is 4.81. The molecule has 22 heavy (non-hydrogen) atoms. The molecule has 5 nitrogen and oxygen atoms in total. The molecule has 108 valence electrons. The SMILES string of the molecule is N#Cc1ccc(/C=N\N2C(=O)[C@@H]3[C@H](C2=O)[C@H]2C=C[C@H]3C2)cc1. The van der Waals surface area contributed by atoms with Crippen LogP contribution in [0, 0.1) is 35.0 Å². The smallest absolute Gasteiger partial charge is 0.254 e. The van der Waals surface area contributed by atoms with E-state index in [-0.39, 0.29) is 35.5 Å². The van der Waals surface area contributed by atoms with Gasteiger partial charge in [0.2, 0.25) is 0 Å². The van der Waals surface area contributed by atoms with E-state index in [1.807, 2.05) is 6.07 Å². The summed E-state index contributed by atoms with van der Waals surface area (Å²) in [5, 5.41) is 13.9. The number of fused-ring (bicyclic) bond motifs is 5. The molecule has 4 rings (SSSR count). The van der Waals surface area contributed by atoms with Gasteiger partial charge < -0.3 is 0 Å². The number of benzene rings is 1. The lowest BCUT2D eigenvalue weighted by molar-refractivity contribution is -0.140. The third-order valence-electron chi connectivity index (χ3n) is 4.81. The molecule has 0 radical (unpaired) electrons. The van der Waals surface area contributed by atoms with E-state index in [1.54, 1.807) is 24.3 Å². The van der Waals surface area contributed by atoms with Crippen molar-refractivity contribution in [2.45, 2.75) is 6.42 Å². The van der Waals surface area contributed by atoms with Crippen LogP contribution in [-0.4, -0.2) is 23.0 Å². The average Bonchev–Trinajstić information content (AvgIpc) is 3.21. The third kappa shape index (κ3) is 1.74. The van der Waals surface area contributed by atoms with Crippen LogP contribution in [-0.2, 0) is 9.59 Å². The summed E-state index contributed by atoms with van der Waals surface area (Å²) >= 11 is 0. The lowest BCUT2D eigenvalue weighted by Crippen LogP contribution is -2.28. The van der Waals surface area contributed by atoms with Crippen LogP contribution < -0.4 is 0 Å². The number of nitriles is 1. The maximum Gasteiger partial charge on any atom is 0.254 e. The van der Waals surface area contributed by atoms with Crippen LogP contribution in [0.5, 0.6) is 0 Å². The fourth-order valence-corrected chi connectivity index (χ4v) is 3.77. The maximum absolute atomic E-state index is 12.4. The van der Waals surface area contributed by atoms with Gasteiger partial charge in [0.05, 0.1) is 29.7 Å². The van der Waals surface area contributed by atoms with E-state index in [9.17, 15) is 9.59 Å². The molecule has 1 heterocycles. The number of amides is 2. The highest BCUT2D eigenvalue weighted by Crippen LogP contribution is 2.52. The molecule has 1 aromatic carbocycles. The number of rotatable bonds is 2. The van der Waals surface area contributed by atoms with Crippen LogP contribution >= 0.6 is 0 Å². The van der Waals surface area contributed by atoms with Gasteiger partial charge in [-0.1, -0.05) is 24.3 Å². The molecular weight excluding hydrogens is 278 g/mol. The lowest BCUT2D eigenvalue weighted by atomic mass is 9.85. The van der Waals surface area contributed by atoms with E-state index < -0.39 is 0 Å². The minimum Gasteiger partial charge on any atom is -0.272 e. The van der Waals surface area contributed by atoms with Gasteiger partial charge in [0, 0.05) is 0 Å². The molecular formula is C17H13N3O2. The summed E-state index contributed by atoms with van der Waals surface area (Å²) in [7, 11) is 0. The van der Waals surface area contributed by atoms with Crippen LogP contribution in [0.2, 0.25) is 0 Å². The number of hydrogen-bond acceptors (Lipinski definition) is 4. The highest BCUT2D eigenvalue weighted by Gasteiger charge is 2.59. The number of nitrogens with zero attached hydrogens (tertiary/aromatic N) is 3. The molecule has 2 bridgehead atoms. The predicted molar refractivity (Wildman–Crippen MR) is 78.3 cm³/mol. The summed E-state index contributed by atoms with van der Waals surface area (Å²) < 4.78 is 0. The Kier molecular flexibility index (Phi) is 2.73. The van der Waals surface area contributed by atoms with E-state index in [4.69, 9.17) is 5.26 Å². The topological polar surface area (TPSA) is 73.5 Å². The van der Waals surface area contributed by atoms with Gasteiger partial charge in [-0.25, -0.2) is 0 Å². The van der Waals surface area contributed by atoms with Crippen LogP contribution in [0.25, 0.3) is 0 Å². The number of carbonyl (C=O) groups excluding carboxylic acids is 2. The van der Waals surface area contributed by atoms with Gasteiger partial charge in [-0.15, -0.1) is 0 Å². The van der Waals surface area contributed by atoms with E-state index >= 15 is 0 Å². The first-order valence-corrected chi connectivity index (χ1v) is 7.29. The molecule has 2 aliphatic carbocycles. The minimum atomic E-state index is -0.222. The number of carbonyl (C=O) groups is 2. The molecule has 1 aliphatic heterocycles. The van der Waals surface area contributed by atoms with Gasteiger partial charge in [0.25, 0.3) is 11.8 Å². The highest BCUT2D eigenvalue weighted by atomic mass is 16.2. The number of allylic oxidation sites excluding steroid dienone is 2. The van der Waals surface area contributed by atoms with Crippen molar-refractivity contribution >= 4 is 18.0 Å². The zero-order chi connectivity index (χ0) is 15.3. The van der Waals surface area contributed by atoms with Gasteiger partial charge in [0.15, 0.2) is 0 Å². The fourth-order valence-electron chi connectivity index (χ4n) is 3.77. The Bertz CT molecular complexity index is 727. The Labute approximate surface area is 127 Å². The Morgan fingerprint density at radius 1 is 1.09 bits per heavy atom. The number of imide groups is 1. The zero-order valence-corrected chi connectivity index (χ0v) is 11.7. The average molecular weight is 291 g/mol. The molecule has 0 aromatic heterocycles. The summed E-state index contributed by atoms with van der Waals surface area (Å²) in [4.78, 5) is 24.8. The molecule has 2 amide bonds. The van der Waals surface area contributed by atoms with Gasteiger partial charge in [-0.2, -0.15) is 15.4 Å². The first kappa shape index (κ1) is 13.0. The molecule has 3 aliphatic rings. The molecule has 1 saturated heterocycles. The van der Waals surface area contributed by atoms with Crippen LogP contribution in [0.15, 0.2) is 41.5 Å². The van der Waals surface area contributed by atoms with Crippen LogP contribution in [0.3, 0.4) is 0 Å². The van der Waals surface area contributed by atoms with E-state index in [1.165, 1.54) is 6.21 Å². The monoisotopic (exact) mass is 291 g/mol. The lowest BCUT2D eigenvalue weighted by Gasteiger charge is -2.13. The molecule has 0 spiro atoms. The highest BCUT2D eigenvalue weighted by molar-refractivity contribution is 6.06. The zero-order valence-electron chi connectivity index (χ0n) is 11.7. The second-order valence-corrected chi connectivity index (χ2v) is 5.97. The molecule has 5 heteroatoms. The van der Waals surface area contributed by atoms with Crippen molar-refractivity contribution in [3.8, 4) is 6.07 Å². The van der Waals surface area contributed by atoms with Crippen LogP contribution in [0.1, 0.15) is 17.5 Å². The summed E-state index contributed by atoms with van der Waals surface area (Å²) in [6.45, 7) is 0. The molecule has 0 unspecified atom stereocenters. The second-order valence-electron chi connectivity index (χ2n) is 5.97. The van der Waals surface area contributed by atoms with Crippen LogP contribution in [0.4, 0.5) is 0 Å². The van der Waals surface area contributed by atoms with Gasteiger partial charge in [-0.3, -0.25) is 9.59 Å². The Hall–Kier alpha value is -2.74. The van der Waals surface area contributed by atoms with Crippen molar-refractivity contribution in [2.24, 2.45) is 28.8 Å². The van der Waals surface area contributed by atoms with Crippen molar-refractivity contribution in [3.63, 3.8) is 0 Å². The first-order valence-electron chi connectivity index (χ1n) is 7.29. The molecule has 0 N–H and O–H groups in total. The number of hydrazone groups is 1. The summed E-state index contributed by atoms with van der Waals surface area (Å²) in [6, 6.07) is 8.86. The molecule has 1 aromatic rings. The summed E-state index contributed by atoms with van der Waals surface area (Å²) in [5.74, 6) is -0.419. The van der Waals surface area contributed by atoms with E-state index in [2.05, 4.69) is 17.3 Å². The Morgan fingerprint density at radius 3 is 2.23 bits per heavy atom. The van der Waals surface area contributed by atoms with Crippen molar-refractivity contribution < 1.29 is 9.59 Å². The minimum absolute atomic E-state index is 0.184. The summed E-state index contributed by atoms with van der Waals surface area (Å²) in [5.41, 5.74) is 1.31. The Balaban J connectivity index is 1.56. The predicted octanol–water partition coefficient (Wildman–Crippen LogP) is 1.70. The van der Waals surface area contributed by atoms with Gasteiger partial charge in [-0.05, 0) is 36.0 Å². The first-order chi connectivity index (χ1) is 10.7. The van der Waals surface area contributed by atoms with Crippen molar-refractivity contribution in [3.05, 3.63) is 47.5 Å². The van der Waals surface area contributed by atoms with Crippen molar-refractivity contribution in [1.82, 2.24) is 5.01 Å². The maximum atomic E-state index is 12.4. The van der Waals surface area contributed by atoms with E-state index in [0.29, 0.717) is 5.56 Å². The quantitative estimate of drug-likeness (QED) is 0.473. The van der Waals surface area contributed by atoms with Crippen molar-refractivity contribution in [2.75, 3.05) is 0 Å².